The van der Waals surface area contributed by atoms with Crippen molar-refractivity contribution in [3.63, 3.8) is 0 Å². The molecule has 8 nitrogen and oxygen atoms in total. The van der Waals surface area contributed by atoms with E-state index in [0.29, 0.717) is 0 Å². The van der Waals surface area contributed by atoms with Crippen molar-refractivity contribution in [2.24, 2.45) is 5.73 Å². The topological polar surface area (TPSA) is 142 Å². The number of nitrogens with one attached hydrogen (secondary N) is 1. The number of pyridine rings is 1. The van der Waals surface area contributed by atoms with Gasteiger partial charge < -0.3 is 20.4 Å². The molecule has 0 aliphatic heterocycles. The maximum atomic E-state index is 10.9. The lowest BCUT2D eigenvalue weighted by Crippen LogP contribution is -2.25. The number of oxazole rings is 1. The first-order valence-corrected chi connectivity index (χ1v) is 5.10. The number of aromatic nitrogens is 2. The fraction of sp³-hybridized carbons (Fsp3) is 0.300. The van der Waals surface area contributed by atoms with Crippen molar-refractivity contribution < 1.29 is 19.4 Å². The van der Waals surface area contributed by atoms with Gasteiger partial charge >= 0.3 is 5.76 Å². The van der Waals surface area contributed by atoms with E-state index in [-0.39, 0.29) is 23.2 Å². The fourth-order valence-electron chi connectivity index (χ4n) is 1.56. The summed E-state index contributed by atoms with van der Waals surface area (Å²) in [6, 6.07) is 1.36. The summed E-state index contributed by atoms with van der Waals surface area (Å²) in [5.41, 5.74) is 5.53. The third-order valence-corrected chi connectivity index (χ3v) is 2.41. The van der Waals surface area contributed by atoms with Gasteiger partial charge in [0.15, 0.2) is 11.2 Å². The molecule has 5 N–H and O–H groups in total. The molecule has 2 aromatic rings. The van der Waals surface area contributed by atoms with E-state index in [9.17, 15) is 19.8 Å². The Morgan fingerprint density at radius 3 is 2.94 bits per heavy atom. The molecule has 0 bridgehead atoms. The van der Waals surface area contributed by atoms with Gasteiger partial charge in [0, 0.05) is 11.8 Å². The van der Waals surface area contributed by atoms with E-state index in [1.807, 2.05) is 0 Å². The lowest BCUT2D eigenvalue weighted by molar-refractivity contribution is -0.121. The molecule has 0 spiro atoms. The fourth-order valence-corrected chi connectivity index (χ4v) is 1.56. The predicted molar refractivity (Wildman–Crippen MR) is 59.4 cm³/mol. The first-order chi connectivity index (χ1) is 8.47. The van der Waals surface area contributed by atoms with Crippen molar-refractivity contribution in [2.45, 2.75) is 18.6 Å². The van der Waals surface area contributed by atoms with Gasteiger partial charge in [0.1, 0.15) is 6.10 Å². The number of nitrogens with two attached hydrogens (primary N) is 1. The standard InChI is InChI=1S/C10H11N3O5/c11-7(15)2-5(14)8(16)4-1-6-9(12-3-4)13-10(17)18-6/h1,3,5,8,14,16H,2H2,(H2,11,15)(H,12,13,17). The molecule has 2 rings (SSSR count). The van der Waals surface area contributed by atoms with Crippen molar-refractivity contribution in [1.82, 2.24) is 9.97 Å². The van der Waals surface area contributed by atoms with Crippen LogP contribution in [0.2, 0.25) is 0 Å². The number of rotatable bonds is 4. The van der Waals surface area contributed by atoms with Gasteiger partial charge in [-0.15, -0.1) is 0 Å². The third kappa shape index (κ3) is 2.39. The van der Waals surface area contributed by atoms with Crippen LogP contribution in [0.3, 0.4) is 0 Å². The number of aromatic amines is 1. The highest BCUT2D eigenvalue weighted by molar-refractivity contribution is 5.74. The minimum Gasteiger partial charge on any atom is -0.406 e. The van der Waals surface area contributed by atoms with Crippen molar-refractivity contribution in [1.29, 1.82) is 0 Å². The summed E-state index contributed by atoms with van der Waals surface area (Å²) in [4.78, 5) is 27.7. The van der Waals surface area contributed by atoms with E-state index in [4.69, 9.17) is 10.2 Å². The van der Waals surface area contributed by atoms with Crippen LogP contribution in [-0.4, -0.2) is 32.2 Å². The first kappa shape index (κ1) is 12.3. The average molecular weight is 253 g/mol. The molecule has 0 aliphatic rings. The summed E-state index contributed by atoms with van der Waals surface area (Å²) in [6.07, 6.45) is -1.79. The van der Waals surface area contributed by atoms with Gasteiger partial charge in [-0.2, -0.15) is 0 Å². The Hall–Kier alpha value is -2.19. The number of carbonyl (C=O) groups excluding carboxylic acids is 1. The summed E-state index contributed by atoms with van der Waals surface area (Å²) >= 11 is 0. The van der Waals surface area contributed by atoms with Crippen LogP contribution in [0.15, 0.2) is 21.5 Å². The number of H-pyrrole nitrogens is 1. The number of fused-ring (bicyclic) bond motifs is 1. The lowest BCUT2D eigenvalue weighted by atomic mass is 10.0. The Bertz CT molecular complexity index is 632. The highest BCUT2D eigenvalue weighted by Gasteiger charge is 2.21. The Morgan fingerprint density at radius 2 is 2.28 bits per heavy atom. The Morgan fingerprint density at radius 1 is 1.56 bits per heavy atom. The van der Waals surface area contributed by atoms with Crippen LogP contribution in [0, 0.1) is 0 Å². The SMILES string of the molecule is NC(=O)CC(O)C(O)c1cnc2[nH]c(=O)oc2c1. The first-order valence-electron chi connectivity index (χ1n) is 5.10. The lowest BCUT2D eigenvalue weighted by Gasteiger charge is -2.15. The van der Waals surface area contributed by atoms with E-state index in [2.05, 4.69) is 9.97 Å². The summed E-state index contributed by atoms with van der Waals surface area (Å²) in [6.45, 7) is 0. The number of amides is 1. The highest BCUT2D eigenvalue weighted by atomic mass is 16.4. The van der Waals surface area contributed by atoms with Crippen molar-refractivity contribution in [2.75, 3.05) is 0 Å². The van der Waals surface area contributed by atoms with Crippen molar-refractivity contribution in [3.05, 3.63) is 28.4 Å². The Balaban J connectivity index is 2.29. The smallest absolute Gasteiger partial charge is 0.406 e. The Kier molecular flexibility index (Phi) is 3.13. The molecule has 0 aromatic carbocycles. The van der Waals surface area contributed by atoms with Crippen molar-refractivity contribution >= 4 is 17.1 Å². The molecule has 2 unspecified atom stereocenters. The minimum atomic E-state index is -1.34. The van der Waals surface area contributed by atoms with Crippen LogP contribution in [0.5, 0.6) is 0 Å². The van der Waals surface area contributed by atoms with Gasteiger partial charge in [0.05, 0.1) is 12.5 Å². The van der Waals surface area contributed by atoms with Gasteiger partial charge in [0.2, 0.25) is 5.91 Å². The van der Waals surface area contributed by atoms with E-state index in [0.717, 1.165) is 0 Å². The molecule has 2 aromatic heterocycles. The molecule has 0 fully saturated rings. The summed E-state index contributed by atoms with van der Waals surface area (Å²) in [5.74, 6) is -1.40. The zero-order valence-corrected chi connectivity index (χ0v) is 9.16. The van der Waals surface area contributed by atoms with Crippen molar-refractivity contribution in [3.8, 4) is 0 Å². The number of primary amides is 1. The van der Waals surface area contributed by atoms with Crippen LogP contribution in [0.1, 0.15) is 18.1 Å². The molecule has 0 saturated carbocycles. The molecule has 96 valence electrons. The van der Waals surface area contributed by atoms with E-state index in [1.165, 1.54) is 12.3 Å². The van der Waals surface area contributed by atoms with E-state index >= 15 is 0 Å². The monoisotopic (exact) mass is 253 g/mol. The highest BCUT2D eigenvalue weighted by Crippen LogP contribution is 2.20. The largest absolute Gasteiger partial charge is 0.418 e. The number of nitrogens with zero attached hydrogens (tertiary/aromatic N) is 1. The molecule has 2 atom stereocenters. The van der Waals surface area contributed by atoms with Gasteiger partial charge in [-0.3, -0.25) is 9.78 Å². The number of carbonyl (C=O) groups is 1. The second-order valence-corrected chi connectivity index (χ2v) is 3.81. The molecule has 18 heavy (non-hydrogen) atoms. The number of aliphatic hydroxyl groups is 2. The normalized spacial score (nSPS) is 14.6. The van der Waals surface area contributed by atoms with Gasteiger partial charge in [0.25, 0.3) is 0 Å². The maximum absolute atomic E-state index is 10.9. The van der Waals surface area contributed by atoms with E-state index in [1.54, 1.807) is 0 Å². The second kappa shape index (κ2) is 4.59. The molecule has 2 heterocycles. The number of aliphatic hydroxyl groups excluding tert-OH is 2. The summed E-state index contributed by atoms with van der Waals surface area (Å²) < 4.78 is 4.76. The summed E-state index contributed by atoms with van der Waals surface area (Å²) in [7, 11) is 0. The van der Waals surface area contributed by atoms with Crippen LogP contribution in [0.25, 0.3) is 11.2 Å². The van der Waals surface area contributed by atoms with Crippen LogP contribution < -0.4 is 11.5 Å². The molecule has 0 aliphatic carbocycles. The van der Waals surface area contributed by atoms with Gasteiger partial charge in [-0.05, 0) is 6.07 Å². The van der Waals surface area contributed by atoms with Crippen LogP contribution >= 0.6 is 0 Å². The van der Waals surface area contributed by atoms with Gasteiger partial charge in [-0.1, -0.05) is 0 Å². The molecule has 0 radical (unpaired) electrons. The maximum Gasteiger partial charge on any atom is 0.418 e. The number of hydrogen-bond acceptors (Lipinski definition) is 6. The number of hydrogen-bond donors (Lipinski definition) is 4. The van der Waals surface area contributed by atoms with E-state index < -0.39 is 23.9 Å². The second-order valence-electron chi connectivity index (χ2n) is 3.81. The van der Waals surface area contributed by atoms with Crippen LogP contribution in [-0.2, 0) is 4.79 Å². The molecule has 1 amide bonds. The third-order valence-electron chi connectivity index (χ3n) is 2.41. The predicted octanol–water partition coefficient (Wildman–Crippen LogP) is -1.21. The Labute approximate surface area is 100 Å². The average Bonchev–Trinajstić information content (AvgIpc) is 2.65. The molecule has 0 saturated heterocycles. The zero-order chi connectivity index (χ0) is 13.3. The van der Waals surface area contributed by atoms with Crippen LogP contribution in [0.4, 0.5) is 0 Å². The summed E-state index contributed by atoms with van der Waals surface area (Å²) in [5, 5.41) is 19.3. The van der Waals surface area contributed by atoms with Gasteiger partial charge in [-0.25, -0.2) is 9.78 Å². The zero-order valence-electron chi connectivity index (χ0n) is 9.16. The quantitative estimate of drug-likeness (QED) is 0.538. The molecule has 8 heteroatoms. The minimum absolute atomic E-state index is 0.155. The molecular formula is C10H11N3O5. The molecular weight excluding hydrogens is 242 g/mol.